The van der Waals surface area contributed by atoms with Crippen LogP contribution in [0.2, 0.25) is 0 Å². The highest BCUT2D eigenvalue weighted by Crippen LogP contribution is 2.34. The van der Waals surface area contributed by atoms with Crippen LogP contribution in [0.4, 0.5) is 4.39 Å². The van der Waals surface area contributed by atoms with Gasteiger partial charge in [0, 0.05) is 18.2 Å². The van der Waals surface area contributed by atoms with Crippen LogP contribution in [-0.2, 0) is 26.6 Å². The maximum atomic E-state index is 13.9. The summed E-state index contributed by atoms with van der Waals surface area (Å²) in [6.07, 6.45) is 1.37. The minimum atomic E-state index is -4.02. The second-order valence-electron chi connectivity index (χ2n) is 5.89. The summed E-state index contributed by atoms with van der Waals surface area (Å²) in [5.41, 5.74) is 0.264. The van der Waals surface area contributed by atoms with Gasteiger partial charge in [0.2, 0.25) is 20.0 Å². The van der Waals surface area contributed by atoms with Gasteiger partial charge in [0.1, 0.15) is 5.82 Å². The lowest BCUT2D eigenvalue weighted by atomic mass is 10.2. The van der Waals surface area contributed by atoms with Crippen molar-refractivity contribution in [3.05, 3.63) is 59.9 Å². The highest BCUT2D eigenvalue weighted by Gasteiger charge is 2.38. The molecule has 2 N–H and O–H groups in total. The number of primary sulfonamides is 1. The van der Waals surface area contributed by atoms with Crippen LogP contribution in [-0.4, -0.2) is 27.2 Å². The number of sulfonamides is 2. The van der Waals surface area contributed by atoms with Crippen molar-refractivity contribution in [1.82, 2.24) is 4.31 Å². The van der Waals surface area contributed by atoms with E-state index in [1.54, 1.807) is 6.07 Å². The van der Waals surface area contributed by atoms with E-state index in [1.165, 1.54) is 40.7 Å². The Balaban J connectivity index is 2.00. The summed E-state index contributed by atoms with van der Waals surface area (Å²) in [6.45, 7) is -0.112. The molecule has 0 amide bonds. The van der Waals surface area contributed by atoms with Gasteiger partial charge in [-0.25, -0.2) is 26.4 Å². The molecule has 2 aromatic carbocycles. The maximum Gasteiger partial charge on any atom is 0.243 e. The summed E-state index contributed by atoms with van der Waals surface area (Å²) < 4.78 is 64.1. The largest absolute Gasteiger partial charge is 0.243 e. The van der Waals surface area contributed by atoms with Crippen molar-refractivity contribution in [1.29, 1.82) is 0 Å². The number of nitrogens with zero attached hydrogens (tertiary/aromatic N) is 1. The molecule has 0 saturated heterocycles. The van der Waals surface area contributed by atoms with E-state index >= 15 is 0 Å². The van der Waals surface area contributed by atoms with Gasteiger partial charge in [-0.15, -0.1) is 0 Å². The number of nitrogens with two attached hydrogens (primary N) is 1. The van der Waals surface area contributed by atoms with Gasteiger partial charge in [-0.2, -0.15) is 4.31 Å². The van der Waals surface area contributed by atoms with E-state index in [-0.39, 0.29) is 27.9 Å². The molecular weight excluding hydrogens is 367 g/mol. The zero-order valence-electron chi connectivity index (χ0n) is 13.2. The molecule has 1 saturated carbocycles. The minimum Gasteiger partial charge on any atom is -0.225 e. The lowest BCUT2D eigenvalue weighted by Crippen LogP contribution is -2.33. The molecule has 0 heterocycles. The van der Waals surface area contributed by atoms with Crippen LogP contribution in [0.1, 0.15) is 18.4 Å². The van der Waals surface area contributed by atoms with Crippen molar-refractivity contribution >= 4 is 20.0 Å². The van der Waals surface area contributed by atoms with Crippen LogP contribution >= 0.6 is 0 Å². The van der Waals surface area contributed by atoms with Gasteiger partial charge < -0.3 is 0 Å². The molecule has 0 radical (unpaired) electrons. The van der Waals surface area contributed by atoms with Crippen molar-refractivity contribution in [2.24, 2.45) is 5.14 Å². The van der Waals surface area contributed by atoms with Crippen molar-refractivity contribution < 1.29 is 21.2 Å². The Morgan fingerprint density at radius 3 is 2.24 bits per heavy atom. The van der Waals surface area contributed by atoms with Gasteiger partial charge in [0.15, 0.2) is 0 Å². The van der Waals surface area contributed by atoms with Gasteiger partial charge in [0.05, 0.1) is 9.79 Å². The molecule has 6 nitrogen and oxygen atoms in total. The number of hydrogen-bond acceptors (Lipinski definition) is 4. The molecule has 0 spiro atoms. The Hall–Kier alpha value is -1.81. The molecule has 3 rings (SSSR count). The van der Waals surface area contributed by atoms with Gasteiger partial charge >= 0.3 is 0 Å². The fourth-order valence-electron chi connectivity index (χ4n) is 2.51. The van der Waals surface area contributed by atoms with Gasteiger partial charge in [-0.1, -0.05) is 24.3 Å². The van der Waals surface area contributed by atoms with Crippen molar-refractivity contribution in [3.63, 3.8) is 0 Å². The van der Waals surface area contributed by atoms with E-state index in [0.717, 1.165) is 6.07 Å². The minimum absolute atomic E-state index is 0.112. The monoisotopic (exact) mass is 384 g/mol. The van der Waals surface area contributed by atoms with E-state index in [0.29, 0.717) is 12.8 Å². The van der Waals surface area contributed by atoms with Crippen LogP contribution in [0.25, 0.3) is 0 Å². The second kappa shape index (κ2) is 6.49. The second-order valence-corrected chi connectivity index (χ2v) is 9.34. The highest BCUT2D eigenvalue weighted by atomic mass is 32.2. The first-order valence-corrected chi connectivity index (χ1v) is 10.6. The Morgan fingerprint density at radius 1 is 1.00 bits per heavy atom. The summed E-state index contributed by atoms with van der Waals surface area (Å²) in [7, 11) is -8.01. The van der Waals surface area contributed by atoms with E-state index in [1.807, 2.05) is 0 Å². The fourth-order valence-corrected chi connectivity index (χ4v) is 4.86. The van der Waals surface area contributed by atoms with Gasteiger partial charge in [-0.05, 0) is 37.1 Å². The Labute approximate surface area is 146 Å². The maximum absolute atomic E-state index is 13.9. The first kappa shape index (κ1) is 18.0. The molecule has 1 fully saturated rings. The summed E-state index contributed by atoms with van der Waals surface area (Å²) in [6, 6.07) is 10.6. The molecule has 0 aromatic heterocycles. The van der Waals surface area contributed by atoms with E-state index in [9.17, 15) is 21.2 Å². The first-order chi connectivity index (χ1) is 11.7. The van der Waals surface area contributed by atoms with Crippen LogP contribution in [0, 0.1) is 5.82 Å². The summed E-state index contributed by atoms with van der Waals surface area (Å²) >= 11 is 0. The molecular formula is C16H17FN2O4S2. The summed E-state index contributed by atoms with van der Waals surface area (Å²) in [5, 5.41) is 5.07. The van der Waals surface area contributed by atoms with Crippen LogP contribution in [0.3, 0.4) is 0 Å². The van der Waals surface area contributed by atoms with E-state index in [4.69, 9.17) is 5.14 Å². The topological polar surface area (TPSA) is 97.5 Å². The molecule has 0 atom stereocenters. The lowest BCUT2D eigenvalue weighted by molar-refractivity contribution is 0.391. The number of hydrogen-bond donors (Lipinski definition) is 1. The van der Waals surface area contributed by atoms with Crippen molar-refractivity contribution in [2.45, 2.75) is 35.2 Å². The smallest absolute Gasteiger partial charge is 0.225 e. The standard InChI is InChI=1S/C16H17FN2O4S2/c17-16-7-2-1-4-12(16)11-19(13-8-9-13)25(22,23)15-6-3-5-14(10-15)24(18,20)21/h1-7,10,13H,8-9,11H2,(H2,18,20,21). The van der Waals surface area contributed by atoms with Crippen LogP contribution in [0.15, 0.2) is 58.3 Å². The van der Waals surface area contributed by atoms with E-state index < -0.39 is 25.9 Å². The fraction of sp³-hybridized carbons (Fsp3) is 0.250. The lowest BCUT2D eigenvalue weighted by Gasteiger charge is -2.22. The third-order valence-corrected chi connectivity index (χ3v) is 6.78. The molecule has 134 valence electrons. The van der Waals surface area contributed by atoms with Gasteiger partial charge in [0.25, 0.3) is 0 Å². The van der Waals surface area contributed by atoms with Crippen molar-refractivity contribution in [2.75, 3.05) is 0 Å². The molecule has 25 heavy (non-hydrogen) atoms. The SMILES string of the molecule is NS(=O)(=O)c1cccc(S(=O)(=O)N(Cc2ccccc2F)C2CC2)c1. The molecule has 1 aliphatic rings. The molecule has 0 aliphatic heterocycles. The molecule has 1 aliphatic carbocycles. The third-order valence-electron chi connectivity index (χ3n) is 3.98. The van der Waals surface area contributed by atoms with Crippen molar-refractivity contribution in [3.8, 4) is 0 Å². The van der Waals surface area contributed by atoms with Gasteiger partial charge in [-0.3, -0.25) is 0 Å². The normalized spacial score (nSPS) is 15.5. The average molecular weight is 384 g/mol. The number of rotatable bonds is 6. The molecule has 9 heteroatoms. The summed E-state index contributed by atoms with van der Waals surface area (Å²) in [4.78, 5) is -0.461. The Bertz CT molecular complexity index is 1000. The first-order valence-electron chi connectivity index (χ1n) is 7.58. The predicted octanol–water partition coefficient (Wildman–Crippen LogP) is 1.83. The molecule has 0 unspecified atom stereocenters. The highest BCUT2D eigenvalue weighted by molar-refractivity contribution is 7.90. The number of benzene rings is 2. The average Bonchev–Trinajstić information content (AvgIpc) is 3.38. The molecule has 2 aromatic rings. The Morgan fingerprint density at radius 2 is 1.64 bits per heavy atom. The zero-order chi connectivity index (χ0) is 18.2. The quantitative estimate of drug-likeness (QED) is 0.821. The zero-order valence-corrected chi connectivity index (χ0v) is 14.8. The third kappa shape index (κ3) is 3.90. The van der Waals surface area contributed by atoms with E-state index in [2.05, 4.69) is 0 Å². The molecule has 0 bridgehead atoms. The predicted molar refractivity (Wildman–Crippen MR) is 90.0 cm³/mol. The Kier molecular flexibility index (Phi) is 4.67. The van der Waals surface area contributed by atoms with Crippen LogP contribution < -0.4 is 5.14 Å². The summed E-state index contributed by atoms with van der Waals surface area (Å²) in [5.74, 6) is -0.485. The van der Waals surface area contributed by atoms with Crippen LogP contribution in [0.5, 0.6) is 0 Å². The number of halogens is 1.